The Morgan fingerprint density at radius 3 is 2.64 bits per heavy atom. The van der Waals surface area contributed by atoms with Crippen LogP contribution in [-0.2, 0) is 0 Å². The summed E-state index contributed by atoms with van der Waals surface area (Å²) in [6.45, 7) is 11.6. The van der Waals surface area contributed by atoms with E-state index in [1.54, 1.807) is 0 Å². The van der Waals surface area contributed by atoms with Crippen molar-refractivity contribution >= 4 is 0 Å². The molecule has 0 aromatic carbocycles. The van der Waals surface area contributed by atoms with E-state index in [2.05, 4.69) is 25.7 Å². The maximum Gasteiger partial charge on any atom is 0.00302 e. The molecule has 0 aromatic rings. The van der Waals surface area contributed by atoms with Gasteiger partial charge in [0, 0.05) is 13.1 Å². The normalized spacial score (nSPS) is 25.3. The van der Waals surface area contributed by atoms with E-state index in [1.807, 2.05) is 0 Å². The first-order chi connectivity index (χ1) is 6.51. The van der Waals surface area contributed by atoms with E-state index < -0.39 is 0 Å². The van der Waals surface area contributed by atoms with Crippen molar-refractivity contribution in [3.05, 3.63) is 0 Å². The van der Waals surface area contributed by atoms with Crippen molar-refractivity contribution in [2.75, 3.05) is 26.2 Å². The molecule has 1 unspecified atom stereocenters. The summed E-state index contributed by atoms with van der Waals surface area (Å²) >= 11 is 0. The summed E-state index contributed by atoms with van der Waals surface area (Å²) in [7, 11) is 0. The topological polar surface area (TPSA) is 29.3 Å². The fraction of sp³-hybridized carbons (Fsp3) is 1.00. The molecular formula is C12H26N2. The van der Waals surface area contributed by atoms with Gasteiger partial charge in [0.25, 0.3) is 0 Å². The Bertz CT molecular complexity index is 158. The zero-order valence-electron chi connectivity index (χ0n) is 10.1. The van der Waals surface area contributed by atoms with Gasteiger partial charge in [-0.05, 0) is 43.7 Å². The highest BCUT2D eigenvalue weighted by Gasteiger charge is 2.22. The van der Waals surface area contributed by atoms with Gasteiger partial charge in [0.2, 0.25) is 0 Å². The minimum Gasteiger partial charge on any atom is -0.330 e. The highest BCUT2D eigenvalue weighted by molar-refractivity contribution is 4.77. The van der Waals surface area contributed by atoms with E-state index in [9.17, 15) is 0 Å². The van der Waals surface area contributed by atoms with E-state index in [4.69, 9.17) is 5.73 Å². The maximum absolute atomic E-state index is 5.61. The predicted molar refractivity (Wildman–Crippen MR) is 62.3 cm³/mol. The third-order valence-electron chi connectivity index (χ3n) is 2.88. The van der Waals surface area contributed by atoms with Crippen LogP contribution in [0.2, 0.25) is 0 Å². The van der Waals surface area contributed by atoms with Crippen LogP contribution in [0.5, 0.6) is 0 Å². The molecule has 0 amide bonds. The zero-order chi connectivity index (χ0) is 10.6. The van der Waals surface area contributed by atoms with Gasteiger partial charge in [-0.3, -0.25) is 0 Å². The van der Waals surface area contributed by atoms with Crippen molar-refractivity contribution in [1.29, 1.82) is 0 Å². The lowest BCUT2D eigenvalue weighted by Crippen LogP contribution is -2.40. The summed E-state index contributed by atoms with van der Waals surface area (Å²) in [5.41, 5.74) is 6.05. The van der Waals surface area contributed by atoms with Gasteiger partial charge >= 0.3 is 0 Å². The fourth-order valence-corrected chi connectivity index (χ4v) is 2.44. The van der Waals surface area contributed by atoms with Crippen molar-refractivity contribution in [3.8, 4) is 0 Å². The Hall–Kier alpha value is -0.0800. The van der Waals surface area contributed by atoms with Crippen LogP contribution >= 0.6 is 0 Å². The fourth-order valence-electron chi connectivity index (χ4n) is 2.44. The first-order valence-corrected chi connectivity index (χ1v) is 5.94. The Kier molecular flexibility index (Phi) is 4.39. The van der Waals surface area contributed by atoms with Gasteiger partial charge in [-0.1, -0.05) is 20.8 Å². The SMILES string of the molecule is CC(C)(C)CN1CCCC(CCN)C1. The second-order valence-electron chi connectivity index (χ2n) is 5.88. The van der Waals surface area contributed by atoms with E-state index in [0.717, 1.165) is 12.5 Å². The van der Waals surface area contributed by atoms with Crippen LogP contribution in [0, 0.1) is 11.3 Å². The monoisotopic (exact) mass is 198 g/mol. The summed E-state index contributed by atoms with van der Waals surface area (Å²) in [6, 6.07) is 0. The van der Waals surface area contributed by atoms with Crippen LogP contribution in [-0.4, -0.2) is 31.1 Å². The molecule has 2 nitrogen and oxygen atoms in total. The molecule has 0 aliphatic carbocycles. The Morgan fingerprint density at radius 1 is 1.36 bits per heavy atom. The molecule has 2 N–H and O–H groups in total. The lowest BCUT2D eigenvalue weighted by molar-refractivity contribution is 0.125. The number of piperidine rings is 1. The highest BCUT2D eigenvalue weighted by Crippen LogP contribution is 2.23. The lowest BCUT2D eigenvalue weighted by Gasteiger charge is -2.36. The number of hydrogen-bond donors (Lipinski definition) is 1. The van der Waals surface area contributed by atoms with Crippen molar-refractivity contribution in [1.82, 2.24) is 4.90 Å². The van der Waals surface area contributed by atoms with Crippen molar-refractivity contribution in [2.45, 2.75) is 40.0 Å². The Labute approximate surface area is 88.8 Å². The number of likely N-dealkylation sites (tertiary alicyclic amines) is 1. The van der Waals surface area contributed by atoms with Gasteiger partial charge in [-0.2, -0.15) is 0 Å². The van der Waals surface area contributed by atoms with Crippen LogP contribution < -0.4 is 5.73 Å². The number of hydrogen-bond acceptors (Lipinski definition) is 2. The molecule has 2 heteroatoms. The smallest absolute Gasteiger partial charge is 0.00302 e. The molecule has 1 fully saturated rings. The standard InChI is InChI=1S/C12H26N2/c1-12(2,3)10-14-8-4-5-11(9-14)6-7-13/h11H,4-10,13H2,1-3H3. The quantitative estimate of drug-likeness (QED) is 0.752. The molecule has 0 spiro atoms. The number of rotatable bonds is 3. The summed E-state index contributed by atoms with van der Waals surface area (Å²) in [4.78, 5) is 2.61. The lowest BCUT2D eigenvalue weighted by atomic mass is 9.91. The molecule has 1 saturated heterocycles. The van der Waals surface area contributed by atoms with Crippen molar-refractivity contribution in [2.24, 2.45) is 17.1 Å². The highest BCUT2D eigenvalue weighted by atomic mass is 15.1. The molecule has 0 aromatic heterocycles. The van der Waals surface area contributed by atoms with E-state index in [0.29, 0.717) is 5.41 Å². The molecule has 14 heavy (non-hydrogen) atoms. The van der Waals surface area contributed by atoms with Gasteiger partial charge in [0.05, 0.1) is 0 Å². The summed E-state index contributed by atoms with van der Waals surface area (Å²) in [6.07, 6.45) is 3.96. The van der Waals surface area contributed by atoms with E-state index in [1.165, 1.54) is 38.9 Å². The van der Waals surface area contributed by atoms with Gasteiger partial charge in [0.15, 0.2) is 0 Å². The molecule has 84 valence electrons. The first-order valence-electron chi connectivity index (χ1n) is 5.94. The molecule has 1 heterocycles. The molecule has 1 atom stereocenters. The van der Waals surface area contributed by atoms with Gasteiger partial charge < -0.3 is 10.6 Å². The van der Waals surface area contributed by atoms with Crippen LogP contribution in [0.4, 0.5) is 0 Å². The molecule has 0 bridgehead atoms. The largest absolute Gasteiger partial charge is 0.330 e. The van der Waals surface area contributed by atoms with E-state index in [-0.39, 0.29) is 0 Å². The Morgan fingerprint density at radius 2 is 2.07 bits per heavy atom. The summed E-state index contributed by atoms with van der Waals surface area (Å²) in [5, 5.41) is 0. The number of nitrogens with zero attached hydrogens (tertiary/aromatic N) is 1. The number of nitrogens with two attached hydrogens (primary N) is 1. The van der Waals surface area contributed by atoms with Crippen LogP contribution in [0.15, 0.2) is 0 Å². The molecule has 1 aliphatic rings. The van der Waals surface area contributed by atoms with Crippen LogP contribution in [0.25, 0.3) is 0 Å². The van der Waals surface area contributed by atoms with Crippen molar-refractivity contribution < 1.29 is 0 Å². The van der Waals surface area contributed by atoms with Crippen LogP contribution in [0.3, 0.4) is 0 Å². The third kappa shape index (κ3) is 4.43. The zero-order valence-corrected chi connectivity index (χ0v) is 10.1. The first kappa shape index (κ1) is 12.0. The van der Waals surface area contributed by atoms with Crippen molar-refractivity contribution in [3.63, 3.8) is 0 Å². The van der Waals surface area contributed by atoms with Gasteiger partial charge in [0.1, 0.15) is 0 Å². The van der Waals surface area contributed by atoms with E-state index >= 15 is 0 Å². The summed E-state index contributed by atoms with van der Waals surface area (Å²) in [5.74, 6) is 0.857. The molecule has 0 radical (unpaired) electrons. The molecular weight excluding hydrogens is 172 g/mol. The predicted octanol–water partition coefficient (Wildman–Crippen LogP) is 2.09. The Balaban J connectivity index is 2.32. The molecule has 0 saturated carbocycles. The van der Waals surface area contributed by atoms with Gasteiger partial charge in [-0.15, -0.1) is 0 Å². The third-order valence-corrected chi connectivity index (χ3v) is 2.88. The minimum absolute atomic E-state index is 0.435. The summed E-state index contributed by atoms with van der Waals surface area (Å²) < 4.78 is 0. The second-order valence-corrected chi connectivity index (χ2v) is 5.88. The van der Waals surface area contributed by atoms with Crippen LogP contribution in [0.1, 0.15) is 40.0 Å². The van der Waals surface area contributed by atoms with Gasteiger partial charge in [-0.25, -0.2) is 0 Å². The molecule has 1 aliphatic heterocycles. The minimum atomic E-state index is 0.435. The second kappa shape index (κ2) is 5.13. The average molecular weight is 198 g/mol. The maximum atomic E-state index is 5.61. The average Bonchev–Trinajstić information content (AvgIpc) is 2.02. The molecule has 1 rings (SSSR count).